The van der Waals surface area contributed by atoms with Gasteiger partial charge in [0.15, 0.2) is 0 Å². The lowest BCUT2D eigenvalue weighted by Gasteiger charge is -2.40. The predicted octanol–water partition coefficient (Wildman–Crippen LogP) is 8.09. The second-order valence-corrected chi connectivity index (χ2v) is 23.0. The van der Waals surface area contributed by atoms with Crippen molar-refractivity contribution in [3.63, 3.8) is 0 Å². The maximum Gasteiger partial charge on any atom is 0.247 e. The third-order valence-electron chi connectivity index (χ3n) is 16.0. The van der Waals surface area contributed by atoms with Gasteiger partial charge in [-0.15, -0.1) is 0 Å². The van der Waals surface area contributed by atoms with E-state index in [9.17, 15) is 9.59 Å². The van der Waals surface area contributed by atoms with Gasteiger partial charge in [-0.1, -0.05) is 84.6 Å². The summed E-state index contributed by atoms with van der Waals surface area (Å²) in [4.78, 5) is 102. The maximum atomic E-state index is 15.8. The molecular formula is C62H77Cl2N9O8. The molecule has 2 N–H and O–H groups in total. The van der Waals surface area contributed by atoms with Crippen LogP contribution in [0.25, 0.3) is 11.3 Å². The van der Waals surface area contributed by atoms with Crippen LogP contribution in [0.2, 0.25) is 10.0 Å². The summed E-state index contributed by atoms with van der Waals surface area (Å²) < 4.78 is 14.3. The van der Waals surface area contributed by atoms with E-state index in [0.29, 0.717) is 72.4 Å². The van der Waals surface area contributed by atoms with Crippen molar-refractivity contribution >= 4 is 58.6 Å². The molecule has 0 radical (unpaired) electrons. The number of nitrogens with one attached hydrogen (secondary N) is 2. The van der Waals surface area contributed by atoms with Crippen molar-refractivity contribution in [2.45, 2.75) is 120 Å². The Morgan fingerprint density at radius 1 is 0.753 bits per heavy atom. The number of carbonyl (C=O) groups is 6. The van der Waals surface area contributed by atoms with Crippen molar-refractivity contribution in [2.75, 3.05) is 55.0 Å². The van der Waals surface area contributed by atoms with Crippen LogP contribution >= 0.6 is 23.2 Å². The van der Waals surface area contributed by atoms with Crippen LogP contribution in [-0.4, -0.2) is 155 Å². The third kappa shape index (κ3) is 15.8. The van der Waals surface area contributed by atoms with Gasteiger partial charge in [-0.3, -0.25) is 28.8 Å². The average Bonchev–Trinajstić information content (AvgIpc) is 4.05. The summed E-state index contributed by atoms with van der Waals surface area (Å²) in [5.74, 6) is -1.33. The van der Waals surface area contributed by atoms with Crippen LogP contribution in [0.4, 0.5) is 0 Å². The molecule has 1 aromatic heterocycles. The lowest BCUT2D eigenvalue weighted by atomic mass is 9.87. The van der Waals surface area contributed by atoms with E-state index >= 15 is 19.2 Å². The molecule has 4 aromatic carbocycles. The van der Waals surface area contributed by atoms with Crippen LogP contribution < -0.4 is 15.4 Å². The molecule has 17 nitrogen and oxygen atoms in total. The summed E-state index contributed by atoms with van der Waals surface area (Å²) in [6.45, 7) is 1.19. The van der Waals surface area contributed by atoms with Crippen molar-refractivity contribution in [3.8, 4) is 22.8 Å². The molecule has 3 fully saturated rings. The molecule has 1 aliphatic carbocycles. The lowest BCUT2D eigenvalue weighted by molar-refractivity contribution is -0.148. The molecule has 0 unspecified atom stereocenters. The zero-order valence-electron chi connectivity index (χ0n) is 47.5. The number of methoxy groups -OCH3 is 1. The molecule has 0 bridgehead atoms. The van der Waals surface area contributed by atoms with Crippen LogP contribution in [0, 0.1) is 5.92 Å². The summed E-state index contributed by atoms with van der Waals surface area (Å²) >= 11 is 13.0. The first kappa shape index (κ1) is 60.3. The van der Waals surface area contributed by atoms with Gasteiger partial charge >= 0.3 is 0 Å². The number of nitrogens with zero attached hydrogens (tertiary/aromatic N) is 7. The Hall–Kier alpha value is -6.79. The molecule has 6 atom stereocenters. The lowest BCUT2D eigenvalue weighted by Crippen LogP contribution is -2.59. The van der Waals surface area contributed by atoms with Gasteiger partial charge in [-0.2, -0.15) is 0 Å². The molecule has 2 aliphatic heterocycles. The SMILES string of the molecule is COC[C@@H]1NC(=O)[C@H](CCCN2CCCC2=O)N(Cc2ccc(Cl)cc2Oc2ccc(-c3cnc(CN(C)C)n3C)cc2)C(=O)C[C@@H](Cc2ccccc2)C(=O)N(C)[C@H]2CCCC[C@@H]2NC(=O)C[C@H](Cc2ccc(Cl)cc2)N(C)C1=O. The molecule has 6 amide bonds. The highest BCUT2D eigenvalue weighted by molar-refractivity contribution is 6.31. The number of aromatic nitrogens is 2. The number of hydrogen-bond donors (Lipinski definition) is 2. The maximum absolute atomic E-state index is 15.8. The minimum absolute atomic E-state index is 0.0182. The van der Waals surface area contributed by atoms with Crippen molar-refractivity contribution < 1.29 is 38.2 Å². The van der Waals surface area contributed by atoms with Gasteiger partial charge in [-0.05, 0) is 119 Å². The number of likely N-dealkylation sites (tertiary alicyclic amines) is 1. The first-order valence-electron chi connectivity index (χ1n) is 28.2. The van der Waals surface area contributed by atoms with E-state index in [1.165, 1.54) is 16.9 Å². The quantitative estimate of drug-likeness (QED) is 0.0925. The van der Waals surface area contributed by atoms with Crippen molar-refractivity contribution in [1.82, 2.24) is 44.7 Å². The number of halogens is 2. The molecule has 432 valence electrons. The fourth-order valence-corrected chi connectivity index (χ4v) is 11.8. The number of rotatable bonds is 17. The van der Waals surface area contributed by atoms with E-state index in [1.54, 1.807) is 54.2 Å². The molecule has 3 heterocycles. The molecule has 5 aromatic rings. The second kappa shape index (κ2) is 28.3. The van der Waals surface area contributed by atoms with Crippen molar-refractivity contribution in [3.05, 3.63) is 136 Å². The molecule has 0 spiro atoms. The number of fused-ring (bicyclic) bond motifs is 1. The van der Waals surface area contributed by atoms with Crippen molar-refractivity contribution in [1.29, 1.82) is 0 Å². The topological polar surface area (TPSA) is 179 Å². The first-order valence-corrected chi connectivity index (χ1v) is 28.9. The highest BCUT2D eigenvalue weighted by atomic mass is 35.5. The number of carbonyl (C=O) groups excluding carboxylic acids is 6. The smallest absolute Gasteiger partial charge is 0.247 e. The molecule has 8 rings (SSSR count). The molecule has 2 saturated heterocycles. The second-order valence-electron chi connectivity index (χ2n) is 22.1. The minimum Gasteiger partial charge on any atom is -0.457 e. The Balaban J connectivity index is 1.21. The highest BCUT2D eigenvalue weighted by Crippen LogP contribution is 2.34. The molecular weight excluding hydrogens is 1070 g/mol. The molecule has 3 aliphatic rings. The summed E-state index contributed by atoms with van der Waals surface area (Å²) in [5, 5.41) is 7.17. The number of imidazole rings is 1. The van der Waals surface area contributed by atoms with E-state index < -0.39 is 53.8 Å². The molecule has 81 heavy (non-hydrogen) atoms. The average molecular weight is 1150 g/mol. The summed E-state index contributed by atoms with van der Waals surface area (Å²) in [6, 6.07) is 25.5. The Kier molecular flexibility index (Phi) is 21.0. The van der Waals surface area contributed by atoms with Gasteiger partial charge in [0.25, 0.3) is 0 Å². The van der Waals surface area contributed by atoms with Gasteiger partial charge in [0.2, 0.25) is 35.4 Å². The van der Waals surface area contributed by atoms with Crippen LogP contribution in [0.3, 0.4) is 0 Å². The number of benzene rings is 4. The number of amides is 6. The van der Waals surface area contributed by atoms with Gasteiger partial charge in [0, 0.05) is 93.9 Å². The third-order valence-corrected chi connectivity index (χ3v) is 16.5. The first-order chi connectivity index (χ1) is 39.0. The van der Waals surface area contributed by atoms with Crippen LogP contribution in [0.1, 0.15) is 86.7 Å². The predicted molar refractivity (Wildman–Crippen MR) is 312 cm³/mol. The number of ether oxygens (including phenoxy) is 2. The fourth-order valence-electron chi connectivity index (χ4n) is 11.5. The van der Waals surface area contributed by atoms with E-state index in [1.807, 2.05) is 94.1 Å². The van der Waals surface area contributed by atoms with Crippen LogP contribution in [0.5, 0.6) is 11.5 Å². The summed E-state index contributed by atoms with van der Waals surface area (Å²) in [5.41, 5.74) is 4.05. The van der Waals surface area contributed by atoms with Gasteiger partial charge in [0.1, 0.15) is 29.4 Å². The zero-order valence-corrected chi connectivity index (χ0v) is 49.0. The number of hydrogen-bond acceptors (Lipinski definition) is 10. The standard InChI is InChI=1S/C62H77Cl2N9O8/c1-68(2)39-56-65-37-54(70(56)4)43-23-28-49(29-24-43)81-55-35-47(64)27-22-44(55)38-73-53(18-12-30-72-31-13-19-58(72)75)60(77)67-51(40-80-6)62(79)69(3)48(33-42-20-25-46(63)26-21-42)36-57(74)66-50-16-10-11-17-52(50)71(5)61(78)45(34-59(73)76)32-41-14-8-7-9-15-41/h7-9,14-15,20-29,35,37,45,48,50-53H,10-13,16-19,30-34,36,38-40H2,1-6H3,(H,66,74)(H,67,77)/t45-,48+,50+,51+,52+,53+/m1/s1. The summed E-state index contributed by atoms with van der Waals surface area (Å²) in [6.07, 6.45) is 6.47. The van der Waals surface area contributed by atoms with E-state index in [0.717, 1.165) is 47.5 Å². The molecule has 1 saturated carbocycles. The normalized spacial score (nSPS) is 21.9. The van der Waals surface area contributed by atoms with E-state index in [-0.39, 0.29) is 63.0 Å². The summed E-state index contributed by atoms with van der Waals surface area (Å²) in [7, 11) is 10.8. The van der Waals surface area contributed by atoms with Gasteiger partial charge in [0.05, 0.1) is 43.5 Å². The Morgan fingerprint density at radius 2 is 1.47 bits per heavy atom. The van der Waals surface area contributed by atoms with Crippen LogP contribution in [-0.2, 0) is 66.5 Å². The van der Waals surface area contributed by atoms with E-state index in [2.05, 4.69) is 25.1 Å². The van der Waals surface area contributed by atoms with Crippen molar-refractivity contribution in [2.24, 2.45) is 13.0 Å². The molecule has 19 heteroatoms. The highest BCUT2D eigenvalue weighted by Gasteiger charge is 2.40. The largest absolute Gasteiger partial charge is 0.457 e. The Morgan fingerprint density at radius 3 is 2.17 bits per heavy atom. The van der Waals surface area contributed by atoms with E-state index in [4.69, 9.17) is 32.7 Å². The Bertz CT molecular complexity index is 2980. The monoisotopic (exact) mass is 1150 g/mol. The van der Waals surface area contributed by atoms with Crippen LogP contribution in [0.15, 0.2) is 103 Å². The zero-order chi connectivity index (χ0) is 57.7. The Labute approximate surface area is 486 Å². The van der Waals surface area contributed by atoms with Gasteiger partial charge in [-0.25, -0.2) is 4.98 Å². The minimum atomic E-state index is -1.26. The number of likely N-dealkylation sites (N-methyl/N-ethyl adjacent to an activating group) is 2. The van der Waals surface area contributed by atoms with Gasteiger partial charge < -0.3 is 49.2 Å². The fraction of sp³-hybridized carbons (Fsp3) is 0.468.